The molecule has 0 rings (SSSR count). The highest BCUT2D eigenvalue weighted by Crippen LogP contribution is 2.25. The van der Waals surface area contributed by atoms with E-state index in [1.807, 2.05) is 0 Å². The Bertz CT molecular complexity index is 167. The predicted octanol–water partition coefficient (Wildman–Crippen LogP) is 0.219. The minimum atomic E-state index is -1.16. The molecule has 0 aromatic heterocycles. The molecular weight excluding hydrogens is 146 g/mol. The third-order valence-electron chi connectivity index (χ3n) is 1.40. The maximum atomic E-state index is 10.6. The summed E-state index contributed by atoms with van der Waals surface area (Å²) in [6.45, 7) is 4.99. The van der Waals surface area contributed by atoms with Gasteiger partial charge in [-0.25, -0.2) is 0 Å². The topological polar surface area (TPSA) is 80.4 Å². The number of hydrogen-bond donors (Lipinski definition) is 2. The monoisotopic (exact) mass is 159 g/mol. The Morgan fingerprint density at radius 3 is 1.73 bits per heavy atom. The van der Waals surface area contributed by atoms with E-state index in [4.69, 9.17) is 10.8 Å². The van der Waals surface area contributed by atoms with Gasteiger partial charge in [-0.2, -0.15) is 0 Å². The fraction of sp³-hybridized carbons (Fsp3) is 0.714. The molecule has 0 aromatic carbocycles. The van der Waals surface area contributed by atoms with Crippen LogP contribution in [0.1, 0.15) is 20.8 Å². The van der Waals surface area contributed by atoms with Crippen molar-refractivity contribution in [3.63, 3.8) is 0 Å². The molecule has 3 N–H and O–H groups in total. The minimum Gasteiger partial charge on any atom is -0.481 e. The molecule has 4 heteroatoms. The van der Waals surface area contributed by atoms with Gasteiger partial charge < -0.3 is 10.8 Å². The van der Waals surface area contributed by atoms with Gasteiger partial charge in [0.15, 0.2) is 0 Å². The van der Waals surface area contributed by atoms with Crippen LogP contribution in [0.5, 0.6) is 0 Å². The molecule has 64 valence electrons. The number of aliphatic carboxylic acids is 1. The Hall–Kier alpha value is -1.06. The second-order valence-electron chi connectivity index (χ2n) is 3.54. The van der Waals surface area contributed by atoms with E-state index in [1.54, 1.807) is 20.8 Å². The van der Waals surface area contributed by atoms with Crippen molar-refractivity contribution in [3.8, 4) is 0 Å². The molecule has 0 fully saturated rings. The predicted molar refractivity (Wildman–Crippen MR) is 39.8 cm³/mol. The number of nitrogens with two attached hydrogens (primary N) is 1. The van der Waals surface area contributed by atoms with Crippen molar-refractivity contribution in [2.75, 3.05) is 0 Å². The van der Waals surface area contributed by atoms with Crippen molar-refractivity contribution >= 4 is 11.9 Å². The maximum absolute atomic E-state index is 10.6. The SMILES string of the molecule is CC(C)(C)[C@@H](C(N)=O)C(=O)O. The van der Waals surface area contributed by atoms with Crippen molar-refractivity contribution < 1.29 is 14.7 Å². The number of primary amides is 1. The fourth-order valence-corrected chi connectivity index (χ4v) is 0.919. The zero-order valence-corrected chi connectivity index (χ0v) is 6.92. The summed E-state index contributed by atoms with van der Waals surface area (Å²) < 4.78 is 0. The van der Waals surface area contributed by atoms with Gasteiger partial charge in [0.25, 0.3) is 0 Å². The average Bonchev–Trinajstić information content (AvgIpc) is 1.54. The molecule has 0 heterocycles. The van der Waals surface area contributed by atoms with E-state index in [1.165, 1.54) is 0 Å². The molecule has 0 aliphatic carbocycles. The van der Waals surface area contributed by atoms with E-state index in [-0.39, 0.29) is 0 Å². The molecular formula is C7H13NO3. The number of carbonyl (C=O) groups is 2. The number of hydrogen-bond acceptors (Lipinski definition) is 2. The molecule has 1 amide bonds. The lowest BCUT2D eigenvalue weighted by molar-refractivity contribution is -0.150. The summed E-state index contributed by atoms with van der Waals surface area (Å²) in [5.41, 5.74) is 4.29. The molecule has 11 heavy (non-hydrogen) atoms. The Labute approximate surface area is 65.4 Å². The van der Waals surface area contributed by atoms with Crippen molar-refractivity contribution in [2.24, 2.45) is 17.1 Å². The van der Waals surface area contributed by atoms with E-state index in [9.17, 15) is 9.59 Å². The molecule has 0 unspecified atom stereocenters. The highest BCUT2D eigenvalue weighted by molar-refractivity contribution is 5.96. The quantitative estimate of drug-likeness (QED) is 0.565. The molecule has 0 aliphatic heterocycles. The fourth-order valence-electron chi connectivity index (χ4n) is 0.919. The Kier molecular flexibility index (Phi) is 2.62. The molecule has 0 saturated carbocycles. The third kappa shape index (κ3) is 2.57. The lowest BCUT2D eigenvalue weighted by Crippen LogP contribution is -2.39. The summed E-state index contributed by atoms with van der Waals surface area (Å²) in [6, 6.07) is 0. The van der Waals surface area contributed by atoms with E-state index in [2.05, 4.69) is 0 Å². The Morgan fingerprint density at radius 1 is 1.36 bits per heavy atom. The van der Waals surface area contributed by atoms with Crippen LogP contribution in [-0.2, 0) is 9.59 Å². The number of amides is 1. The lowest BCUT2D eigenvalue weighted by atomic mass is 9.80. The molecule has 0 bridgehead atoms. The summed E-state index contributed by atoms with van der Waals surface area (Å²) in [5, 5.41) is 8.58. The van der Waals surface area contributed by atoms with Crippen molar-refractivity contribution in [1.29, 1.82) is 0 Å². The first-order valence-corrected chi connectivity index (χ1v) is 3.29. The van der Waals surface area contributed by atoms with Crippen LogP contribution < -0.4 is 5.73 Å². The highest BCUT2D eigenvalue weighted by atomic mass is 16.4. The van der Waals surface area contributed by atoms with E-state index < -0.39 is 23.2 Å². The van der Waals surface area contributed by atoms with Gasteiger partial charge in [-0.05, 0) is 5.41 Å². The van der Waals surface area contributed by atoms with Gasteiger partial charge in [0.2, 0.25) is 5.91 Å². The standard InChI is InChI=1S/C7H13NO3/c1-7(2,3)4(5(8)9)6(10)11/h4H,1-3H3,(H2,8,9)(H,10,11)/t4-/m0/s1. The number of carbonyl (C=O) groups excluding carboxylic acids is 1. The molecule has 1 atom stereocenters. The molecule has 0 aliphatic rings. The van der Waals surface area contributed by atoms with Crippen LogP contribution in [0.3, 0.4) is 0 Å². The number of carboxylic acids is 1. The first-order chi connectivity index (χ1) is 4.76. The van der Waals surface area contributed by atoms with Crippen molar-refractivity contribution in [1.82, 2.24) is 0 Å². The minimum absolute atomic E-state index is 0.613. The largest absolute Gasteiger partial charge is 0.481 e. The second kappa shape index (κ2) is 2.90. The lowest BCUT2D eigenvalue weighted by Gasteiger charge is -2.23. The van der Waals surface area contributed by atoms with E-state index >= 15 is 0 Å². The first-order valence-electron chi connectivity index (χ1n) is 3.29. The summed E-state index contributed by atoms with van der Waals surface area (Å²) in [5.74, 6) is -3.06. The van der Waals surface area contributed by atoms with Crippen LogP contribution in [0.25, 0.3) is 0 Å². The van der Waals surface area contributed by atoms with Crippen LogP contribution in [0, 0.1) is 11.3 Å². The van der Waals surface area contributed by atoms with Crippen LogP contribution in [0.15, 0.2) is 0 Å². The molecule has 0 spiro atoms. The van der Waals surface area contributed by atoms with Crippen LogP contribution in [0.4, 0.5) is 0 Å². The van der Waals surface area contributed by atoms with Crippen LogP contribution >= 0.6 is 0 Å². The van der Waals surface area contributed by atoms with Crippen LogP contribution in [0.2, 0.25) is 0 Å². The Morgan fingerprint density at radius 2 is 1.73 bits per heavy atom. The van der Waals surface area contributed by atoms with Gasteiger partial charge in [0, 0.05) is 0 Å². The van der Waals surface area contributed by atoms with Gasteiger partial charge in [-0.15, -0.1) is 0 Å². The molecule has 0 saturated heterocycles. The van der Waals surface area contributed by atoms with Gasteiger partial charge in [-0.1, -0.05) is 20.8 Å². The van der Waals surface area contributed by atoms with Gasteiger partial charge in [-0.3, -0.25) is 9.59 Å². The number of rotatable bonds is 2. The number of carboxylic acid groups (broad SMARTS) is 1. The van der Waals surface area contributed by atoms with Gasteiger partial charge in [0.05, 0.1) is 0 Å². The first kappa shape index (κ1) is 9.94. The molecule has 0 aromatic rings. The van der Waals surface area contributed by atoms with Gasteiger partial charge >= 0.3 is 5.97 Å². The Balaban J connectivity index is 4.63. The van der Waals surface area contributed by atoms with Crippen molar-refractivity contribution in [3.05, 3.63) is 0 Å². The van der Waals surface area contributed by atoms with Crippen LogP contribution in [-0.4, -0.2) is 17.0 Å². The molecule has 0 radical (unpaired) electrons. The van der Waals surface area contributed by atoms with E-state index in [0.29, 0.717) is 0 Å². The average molecular weight is 159 g/mol. The highest BCUT2D eigenvalue weighted by Gasteiger charge is 2.35. The maximum Gasteiger partial charge on any atom is 0.316 e. The summed E-state index contributed by atoms with van der Waals surface area (Å²) in [4.78, 5) is 21.1. The van der Waals surface area contributed by atoms with Crippen molar-refractivity contribution in [2.45, 2.75) is 20.8 Å². The third-order valence-corrected chi connectivity index (χ3v) is 1.40. The zero-order valence-electron chi connectivity index (χ0n) is 6.92. The summed E-state index contributed by atoms with van der Waals surface area (Å²) >= 11 is 0. The summed E-state index contributed by atoms with van der Waals surface area (Å²) in [6.07, 6.45) is 0. The van der Waals surface area contributed by atoms with Gasteiger partial charge in [0.1, 0.15) is 5.92 Å². The smallest absolute Gasteiger partial charge is 0.316 e. The molecule has 4 nitrogen and oxygen atoms in total. The second-order valence-corrected chi connectivity index (χ2v) is 3.54. The zero-order chi connectivity index (χ0) is 9.23. The normalized spacial score (nSPS) is 14.1. The summed E-state index contributed by atoms with van der Waals surface area (Å²) in [7, 11) is 0. The van der Waals surface area contributed by atoms with E-state index in [0.717, 1.165) is 0 Å².